The van der Waals surface area contributed by atoms with Crippen molar-refractivity contribution in [3.05, 3.63) is 46.4 Å². The van der Waals surface area contributed by atoms with Gasteiger partial charge in [-0.1, -0.05) is 13.8 Å². The first-order chi connectivity index (χ1) is 13.3. The van der Waals surface area contributed by atoms with Gasteiger partial charge >= 0.3 is 0 Å². The highest BCUT2D eigenvalue weighted by Crippen LogP contribution is 2.29. The van der Waals surface area contributed by atoms with Gasteiger partial charge < -0.3 is 20.9 Å². The third-order valence-electron chi connectivity index (χ3n) is 5.27. The highest BCUT2D eigenvalue weighted by molar-refractivity contribution is 6.10. The number of nitrogens with two attached hydrogens (primary N) is 1. The van der Waals surface area contributed by atoms with Gasteiger partial charge in [-0.2, -0.15) is 5.10 Å². The summed E-state index contributed by atoms with van der Waals surface area (Å²) in [6, 6.07) is 5.61. The minimum Gasteiger partial charge on any atom is -0.364 e. The summed E-state index contributed by atoms with van der Waals surface area (Å²) >= 11 is 0. The number of anilines is 1. The molecule has 146 valence electrons. The molecule has 1 aliphatic heterocycles. The van der Waals surface area contributed by atoms with Gasteiger partial charge in [0.1, 0.15) is 0 Å². The normalized spacial score (nSPS) is 14.4. The molecule has 1 aromatic carbocycles. The lowest BCUT2D eigenvalue weighted by atomic mass is 10.0. The smallest absolute Gasteiger partial charge is 0.271 e. The molecular formula is C20H24N6O2. The molecule has 0 aliphatic carbocycles. The van der Waals surface area contributed by atoms with Crippen LogP contribution >= 0.6 is 0 Å². The lowest BCUT2D eigenvalue weighted by Gasteiger charge is -2.22. The SMILES string of the molecule is CC(C)c1[nH]nc(C(N)=O)c1NC(=O)c1ccc2[nH]c3c(c2c1)CN(C)CC3. The molecule has 0 fully saturated rings. The maximum absolute atomic E-state index is 12.9. The Morgan fingerprint density at radius 1 is 1.32 bits per heavy atom. The third-order valence-corrected chi connectivity index (χ3v) is 5.27. The highest BCUT2D eigenvalue weighted by atomic mass is 16.2. The summed E-state index contributed by atoms with van der Waals surface area (Å²) in [5.74, 6) is -0.936. The van der Waals surface area contributed by atoms with Crippen LogP contribution in [0.4, 0.5) is 5.69 Å². The number of primary amides is 1. The molecule has 0 spiro atoms. The second-order valence-electron chi connectivity index (χ2n) is 7.66. The first kappa shape index (κ1) is 18.2. The van der Waals surface area contributed by atoms with Gasteiger partial charge in [0.05, 0.1) is 11.4 Å². The Bertz CT molecular complexity index is 1080. The standard InChI is InChI=1S/C20H24N6O2/c1-10(2)16-17(18(19(21)27)25-24-16)23-20(28)11-4-5-14-12(8-11)13-9-26(3)7-6-15(13)22-14/h4-5,8,10,22H,6-7,9H2,1-3H3,(H2,21,27)(H,23,28)(H,24,25). The van der Waals surface area contributed by atoms with Crippen molar-refractivity contribution in [3.8, 4) is 0 Å². The minimum absolute atomic E-state index is 0.0405. The van der Waals surface area contributed by atoms with Crippen molar-refractivity contribution in [3.63, 3.8) is 0 Å². The fourth-order valence-electron chi connectivity index (χ4n) is 3.75. The molecule has 8 nitrogen and oxygen atoms in total. The van der Waals surface area contributed by atoms with Gasteiger partial charge in [-0.15, -0.1) is 0 Å². The van der Waals surface area contributed by atoms with Crippen LogP contribution in [-0.2, 0) is 13.0 Å². The van der Waals surface area contributed by atoms with Crippen LogP contribution in [0, 0.1) is 0 Å². The van der Waals surface area contributed by atoms with Gasteiger partial charge in [0.15, 0.2) is 5.69 Å². The van der Waals surface area contributed by atoms with Gasteiger partial charge in [0.25, 0.3) is 11.8 Å². The number of hydrogen-bond donors (Lipinski definition) is 4. The number of nitrogens with zero attached hydrogens (tertiary/aromatic N) is 2. The Labute approximate surface area is 162 Å². The zero-order valence-corrected chi connectivity index (χ0v) is 16.2. The Morgan fingerprint density at radius 2 is 2.11 bits per heavy atom. The van der Waals surface area contributed by atoms with E-state index in [9.17, 15) is 9.59 Å². The van der Waals surface area contributed by atoms with Crippen LogP contribution in [0.2, 0.25) is 0 Å². The number of benzene rings is 1. The quantitative estimate of drug-likeness (QED) is 0.555. The summed E-state index contributed by atoms with van der Waals surface area (Å²) in [5.41, 5.74) is 10.5. The number of likely N-dealkylation sites (N-methyl/N-ethyl adjacent to an activating group) is 1. The molecule has 0 saturated carbocycles. The molecule has 5 N–H and O–H groups in total. The largest absolute Gasteiger partial charge is 0.364 e. The van der Waals surface area contributed by atoms with Crippen LogP contribution in [0.25, 0.3) is 10.9 Å². The molecule has 3 heterocycles. The average Bonchev–Trinajstić information content (AvgIpc) is 3.22. The van der Waals surface area contributed by atoms with Gasteiger partial charge in [-0.05, 0) is 36.7 Å². The highest BCUT2D eigenvalue weighted by Gasteiger charge is 2.23. The van der Waals surface area contributed by atoms with E-state index in [1.807, 2.05) is 26.0 Å². The van der Waals surface area contributed by atoms with Crippen molar-refractivity contribution in [2.45, 2.75) is 32.7 Å². The lowest BCUT2D eigenvalue weighted by molar-refractivity contribution is 0.0996. The van der Waals surface area contributed by atoms with Crippen LogP contribution in [0.3, 0.4) is 0 Å². The number of aromatic nitrogens is 3. The van der Waals surface area contributed by atoms with E-state index in [4.69, 9.17) is 5.73 Å². The predicted molar refractivity (Wildman–Crippen MR) is 107 cm³/mol. The number of fused-ring (bicyclic) bond motifs is 3. The van der Waals surface area contributed by atoms with Crippen LogP contribution in [0.5, 0.6) is 0 Å². The average molecular weight is 380 g/mol. The van der Waals surface area contributed by atoms with Crippen LogP contribution in [0.1, 0.15) is 57.6 Å². The maximum Gasteiger partial charge on any atom is 0.271 e. The van der Waals surface area contributed by atoms with Crippen molar-refractivity contribution < 1.29 is 9.59 Å². The molecule has 2 aromatic heterocycles. The maximum atomic E-state index is 12.9. The molecule has 0 unspecified atom stereocenters. The van der Waals surface area contributed by atoms with E-state index < -0.39 is 5.91 Å². The first-order valence-corrected chi connectivity index (χ1v) is 9.36. The number of carbonyl (C=O) groups excluding carboxylic acids is 2. The minimum atomic E-state index is -0.684. The van der Waals surface area contributed by atoms with Crippen LogP contribution in [0.15, 0.2) is 18.2 Å². The summed E-state index contributed by atoms with van der Waals surface area (Å²) < 4.78 is 0. The Balaban J connectivity index is 1.70. The molecule has 2 amide bonds. The van der Waals surface area contributed by atoms with E-state index in [1.165, 1.54) is 11.3 Å². The molecule has 0 atom stereocenters. The lowest BCUT2D eigenvalue weighted by Crippen LogP contribution is -2.26. The number of rotatable bonds is 4. The van der Waals surface area contributed by atoms with E-state index in [-0.39, 0.29) is 17.5 Å². The van der Waals surface area contributed by atoms with Gasteiger partial charge in [0, 0.05) is 41.7 Å². The molecule has 28 heavy (non-hydrogen) atoms. The zero-order chi connectivity index (χ0) is 20.0. The van der Waals surface area contributed by atoms with Crippen molar-refractivity contribution in [2.75, 3.05) is 18.9 Å². The summed E-state index contributed by atoms with van der Waals surface area (Å²) in [6.45, 7) is 5.76. The molecule has 0 radical (unpaired) electrons. The number of amides is 2. The number of hydrogen-bond acceptors (Lipinski definition) is 4. The second kappa shape index (κ2) is 6.79. The molecule has 4 rings (SSSR count). The number of carbonyl (C=O) groups is 2. The fourth-order valence-corrected chi connectivity index (χ4v) is 3.75. The molecular weight excluding hydrogens is 356 g/mol. The summed E-state index contributed by atoms with van der Waals surface area (Å²) in [7, 11) is 2.09. The van der Waals surface area contributed by atoms with E-state index in [1.54, 1.807) is 6.07 Å². The molecule has 0 bridgehead atoms. The number of aromatic amines is 2. The van der Waals surface area contributed by atoms with Gasteiger partial charge in [-0.25, -0.2) is 0 Å². The van der Waals surface area contributed by atoms with Crippen molar-refractivity contribution in [1.82, 2.24) is 20.1 Å². The van der Waals surface area contributed by atoms with Crippen molar-refractivity contribution in [1.29, 1.82) is 0 Å². The Kier molecular flexibility index (Phi) is 4.43. The number of nitrogens with one attached hydrogen (secondary N) is 3. The van der Waals surface area contributed by atoms with Crippen LogP contribution in [-0.4, -0.2) is 45.5 Å². The van der Waals surface area contributed by atoms with Crippen molar-refractivity contribution in [2.24, 2.45) is 5.73 Å². The predicted octanol–water partition coefficient (Wildman–Crippen LogP) is 2.35. The first-order valence-electron chi connectivity index (χ1n) is 9.36. The number of H-pyrrole nitrogens is 2. The summed E-state index contributed by atoms with van der Waals surface area (Å²) in [6.07, 6.45) is 0.969. The monoisotopic (exact) mass is 380 g/mol. The summed E-state index contributed by atoms with van der Waals surface area (Å²) in [5, 5.41) is 10.7. The van der Waals surface area contributed by atoms with Crippen LogP contribution < -0.4 is 11.1 Å². The van der Waals surface area contributed by atoms with E-state index in [0.29, 0.717) is 16.9 Å². The van der Waals surface area contributed by atoms with Gasteiger partial charge in [-0.3, -0.25) is 14.7 Å². The zero-order valence-electron chi connectivity index (χ0n) is 16.2. The van der Waals surface area contributed by atoms with E-state index in [2.05, 4.69) is 32.4 Å². The van der Waals surface area contributed by atoms with Gasteiger partial charge in [0.2, 0.25) is 0 Å². The Morgan fingerprint density at radius 3 is 2.82 bits per heavy atom. The topological polar surface area (TPSA) is 120 Å². The molecule has 3 aromatic rings. The fraction of sp³-hybridized carbons (Fsp3) is 0.350. The Hall–Kier alpha value is -3.13. The molecule has 1 aliphatic rings. The van der Waals surface area contributed by atoms with E-state index in [0.717, 1.165) is 30.4 Å². The molecule has 8 heteroatoms. The third kappa shape index (κ3) is 3.05. The van der Waals surface area contributed by atoms with E-state index >= 15 is 0 Å². The van der Waals surface area contributed by atoms with Crippen molar-refractivity contribution >= 4 is 28.4 Å². The second-order valence-corrected chi connectivity index (χ2v) is 7.66. The molecule has 0 saturated heterocycles. The summed E-state index contributed by atoms with van der Waals surface area (Å²) in [4.78, 5) is 30.3.